The second-order valence-electron chi connectivity index (χ2n) is 14.5. The highest BCUT2D eigenvalue weighted by molar-refractivity contribution is 7.95. The molecule has 11 N–H and O–H groups in total. The van der Waals surface area contributed by atoms with Crippen molar-refractivity contribution in [1.82, 2.24) is 0 Å². The summed E-state index contributed by atoms with van der Waals surface area (Å²) < 4.78 is 185. The SMILES string of the molecule is Nc1c(N=Nc2ccc3c(O)c(N=Nc4ccc5c(S(=O)(=O)O)cccc5c4SOOO)c(S(=O)(=O)O)cc3c2S(=O)(=O)O)cc(S(=O)(=O)O)c2cc(SOOO)c(N=Nc3ccc([N+](=O)[O-])cc3S(=O)(=O)O)c(O)c12. The number of nitro benzene ring substituents is 1. The Morgan fingerprint density at radius 3 is 1.66 bits per heavy atom. The monoisotopic (exact) mass is 1190 g/mol. The van der Waals surface area contributed by atoms with Gasteiger partial charge in [0.15, 0.2) is 11.5 Å². The van der Waals surface area contributed by atoms with Gasteiger partial charge in [-0.25, -0.2) is 10.5 Å². The molecule has 40 heteroatoms. The maximum absolute atomic E-state index is 13.1. The number of fused-ring (bicyclic) bond motifs is 3. The zero-order valence-corrected chi connectivity index (χ0v) is 41.8. The Kier molecular flexibility index (Phi) is 15.8. The van der Waals surface area contributed by atoms with Gasteiger partial charge in [0.25, 0.3) is 56.3 Å². The first kappa shape index (κ1) is 56.7. The highest BCUT2D eigenvalue weighted by Crippen LogP contribution is 2.51. The molecule has 7 aromatic rings. The number of benzene rings is 7. The summed E-state index contributed by atoms with van der Waals surface area (Å²) in [6.07, 6.45) is 0. The van der Waals surface area contributed by atoms with Crippen molar-refractivity contribution in [3.63, 3.8) is 0 Å². The molecule has 0 aliphatic rings. The molecule has 33 nitrogen and oxygen atoms in total. The van der Waals surface area contributed by atoms with Crippen LogP contribution in [0.25, 0.3) is 32.3 Å². The van der Waals surface area contributed by atoms with Crippen molar-refractivity contribution in [3.05, 3.63) is 89.0 Å². The molecule has 0 unspecified atom stereocenters. The van der Waals surface area contributed by atoms with Gasteiger partial charge >= 0.3 is 0 Å². The van der Waals surface area contributed by atoms with E-state index in [0.717, 1.165) is 42.5 Å². The number of phenols is 2. The minimum atomic E-state index is -5.67. The number of rotatable bonds is 18. The van der Waals surface area contributed by atoms with Gasteiger partial charge < -0.3 is 15.9 Å². The maximum Gasteiger partial charge on any atom is 0.297 e. The minimum absolute atomic E-state index is 0.0269. The van der Waals surface area contributed by atoms with Crippen molar-refractivity contribution in [1.29, 1.82) is 0 Å². The van der Waals surface area contributed by atoms with Gasteiger partial charge in [0.05, 0.1) is 49.9 Å². The van der Waals surface area contributed by atoms with Gasteiger partial charge in [-0.3, -0.25) is 32.9 Å². The van der Waals surface area contributed by atoms with Crippen LogP contribution in [0.2, 0.25) is 0 Å². The lowest BCUT2D eigenvalue weighted by molar-refractivity contribution is -0.432. The fourth-order valence-electron chi connectivity index (χ4n) is 6.99. The van der Waals surface area contributed by atoms with Crippen molar-refractivity contribution < 1.29 is 109 Å². The predicted molar refractivity (Wildman–Crippen MR) is 256 cm³/mol. The van der Waals surface area contributed by atoms with Gasteiger partial charge in [-0.2, -0.15) is 42.1 Å². The zero-order valence-electron chi connectivity index (χ0n) is 36.1. The standard InChI is InChI=1S/C36H24N8O25S7/c37-30-23(13-26(73(54,55)56)19-11-24(70-68-66-49)31(34(46)29(19)30)42-38-20-7-4-14(44(47)48)10-27(20)74(57,58)59)41-40-22-9-6-16-18(36(22)76(63,64)65)12-28(75(60,61)62)32(33(16)45)43-39-21-8-5-15-17(35(21)71-69-67-50)2-1-3-25(15)72(51,52)53/h1-13,45-46,49-50H,37H2,(H,51,52,53)(H,54,55,56)(H,57,58,59)(H,60,61,62)(H,63,64,65). The second-order valence-corrected chi connectivity index (χ2v) is 22.9. The largest absolute Gasteiger partial charge is 0.505 e. The fraction of sp³-hybridized carbons (Fsp3) is 0. The molecule has 0 fully saturated rings. The Balaban J connectivity index is 1.42. The van der Waals surface area contributed by atoms with E-state index in [4.69, 9.17) is 16.2 Å². The molecule has 0 saturated heterocycles. The minimum Gasteiger partial charge on any atom is -0.505 e. The first-order valence-corrected chi connectivity index (χ1v) is 27.8. The maximum atomic E-state index is 13.1. The lowest BCUT2D eigenvalue weighted by Crippen LogP contribution is -2.03. The molecule has 0 atom stereocenters. The summed E-state index contributed by atoms with van der Waals surface area (Å²) >= 11 is 0.167. The van der Waals surface area contributed by atoms with Crippen molar-refractivity contribution >= 4 is 152 Å². The molecule has 400 valence electrons. The molecule has 7 rings (SSSR count). The van der Waals surface area contributed by atoms with E-state index < -0.39 is 158 Å². The third-order valence-corrected chi connectivity index (χ3v) is 15.9. The molecular formula is C36H24N8O25S7. The summed E-state index contributed by atoms with van der Waals surface area (Å²) in [7, 11) is -26.9. The molecule has 0 aromatic heterocycles. The van der Waals surface area contributed by atoms with Crippen LogP contribution in [0.3, 0.4) is 0 Å². The molecule has 0 aliphatic heterocycles. The van der Waals surface area contributed by atoms with Crippen LogP contribution in [0, 0.1) is 10.1 Å². The smallest absolute Gasteiger partial charge is 0.297 e. The number of phenolic OH excluding ortho intramolecular Hbond substituents is 2. The van der Waals surface area contributed by atoms with E-state index in [2.05, 4.69) is 49.4 Å². The van der Waals surface area contributed by atoms with Crippen LogP contribution in [0.1, 0.15) is 0 Å². The first-order valence-electron chi connectivity index (χ1n) is 19.1. The van der Waals surface area contributed by atoms with E-state index in [1.807, 2.05) is 0 Å². The van der Waals surface area contributed by atoms with Gasteiger partial charge in [0, 0.05) is 39.1 Å². The van der Waals surface area contributed by atoms with Gasteiger partial charge in [0.1, 0.15) is 58.6 Å². The molecule has 0 saturated carbocycles. The summed E-state index contributed by atoms with van der Waals surface area (Å²) in [5.41, 5.74) is -0.263. The van der Waals surface area contributed by atoms with Gasteiger partial charge in [-0.05, 0) is 48.5 Å². The molecule has 7 aromatic carbocycles. The lowest BCUT2D eigenvalue weighted by atomic mass is 10.0. The van der Waals surface area contributed by atoms with Crippen LogP contribution in [0.5, 0.6) is 11.5 Å². The second kappa shape index (κ2) is 21.2. The third-order valence-electron chi connectivity index (χ3n) is 10.0. The highest BCUT2D eigenvalue weighted by atomic mass is 32.2. The topological polar surface area (TPSA) is 533 Å². The van der Waals surface area contributed by atoms with E-state index in [1.165, 1.54) is 12.1 Å². The van der Waals surface area contributed by atoms with Gasteiger partial charge in [0.2, 0.25) is 0 Å². The van der Waals surface area contributed by atoms with E-state index in [0.29, 0.717) is 24.3 Å². The molecule has 0 bridgehead atoms. The Bertz CT molecular complexity index is 4320. The number of hydrogen-bond donors (Lipinski definition) is 10. The number of nitrogens with zero attached hydrogens (tertiary/aromatic N) is 7. The molecule has 0 spiro atoms. The number of hydrogen-bond acceptors (Lipinski definition) is 29. The van der Waals surface area contributed by atoms with Gasteiger partial charge in [-0.1, -0.05) is 28.3 Å². The van der Waals surface area contributed by atoms with Crippen LogP contribution in [-0.4, -0.2) is 90.5 Å². The van der Waals surface area contributed by atoms with E-state index >= 15 is 0 Å². The zero-order chi connectivity index (χ0) is 56.0. The number of non-ortho nitro benzene ring substituents is 1. The Labute approximate surface area is 430 Å². The lowest BCUT2D eigenvalue weighted by Gasteiger charge is -2.15. The van der Waals surface area contributed by atoms with Crippen LogP contribution in [-0.2, 0) is 69.3 Å². The Hall–Kier alpha value is -7.07. The molecular weight excluding hydrogens is 1170 g/mol. The summed E-state index contributed by atoms with van der Waals surface area (Å²) in [5, 5.41) is 78.1. The summed E-state index contributed by atoms with van der Waals surface area (Å²) in [6, 6.07) is 10.7. The number of aromatic hydroxyl groups is 2. The van der Waals surface area contributed by atoms with E-state index in [9.17, 15) is 85.2 Å². The number of nitrogen functional groups attached to an aromatic ring is 1. The van der Waals surface area contributed by atoms with Crippen LogP contribution >= 0.6 is 24.1 Å². The summed E-state index contributed by atoms with van der Waals surface area (Å²) in [4.78, 5) is 3.77. The third kappa shape index (κ3) is 11.5. The quantitative estimate of drug-likeness (QED) is 0.00733. The molecule has 0 aliphatic carbocycles. The number of anilines is 1. The highest BCUT2D eigenvalue weighted by Gasteiger charge is 2.30. The Morgan fingerprint density at radius 1 is 0.500 bits per heavy atom. The molecule has 0 amide bonds. The van der Waals surface area contributed by atoms with E-state index in [-0.39, 0.29) is 45.4 Å². The number of azo groups is 3. The van der Waals surface area contributed by atoms with E-state index in [1.54, 1.807) is 0 Å². The number of nitro groups is 1. The van der Waals surface area contributed by atoms with Crippen LogP contribution < -0.4 is 5.73 Å². The number of nitrogens with two attached hydrogens (primary N) is 1. The van der Waals surface area contributed by atoms with Gasteiger partial charge in [-0.15, -0.1) is 39.4 Å². The summed E-state index contributed by atoms with van der Waals surface area (Å²) in [5.74, 6) is -2.47. The molecule has 0 heterocycles. The first-order chi connectivity index (χ1) is 35.4. The average Bonchev–Trinajstić information content (AvgIpc) is 3.32. The Morgan fingerprint density at radius 2 is 1.05 bits per heavy atom. The normalized spacial score (nSPS) is 13.1. The fourth-order valence-corrected chi connectivity index (χ4v) is 11.6. The van der Waals surface area contributed by atoms with Crippen molar-refractivity contribution in [2.75, 3.05) is 5.73 Å². The molecule has 76 heavy (non-hydrogen) atoms. The van der Waals surface area contributed by atoms with Crippen LogP contribution in [0.15, 0.2) is 144 Å². The predicted octanol–water partition coefficient (Wildman–Crippen LogP) is 8.38. The van der Waals surface area contributed by atoms with Crippen molar-refractivity contribution in [3.8, 4) is 11.5 Å². The molecule has 0 radical (unpaired) electrons. The van der Waals surface area contributed by atoms with Crippen molar-refractivity contribution in [2.24, 2.45) is 30.7 Å². The van der Waals surface area contributed by atoms with Crippen LogP contribution in [0.4, 0.5) is 45.5 Å². The van der Waals surface area contributed by atoms with Crippen molar-refractivity contribution in [2.45, 2.75) is 34.3 Å². The summed E-state index contributed by atoms with van der Waals surface area (Å²) in [6.45, 7) is 0. The average molecular weight is 1190 g/mol.